The van der Waals surface area contributed by atoms with Gasteiger partial charge in [-0.15, -0.1) is 0 Å². The number of aromatic hydroxyl groups is 1. The molecule has 5 nitrogen and oxygen atoms in total. The van der Waals surface area contributed by atoms with E-state index in [0.717, 1.165) is 25.3 Å². The lowest BCUT2D eigenvalue weighted by Gasteiger charge is -2.08. The van der Waals surface area contributed by atoms with Gasteiger partial charge >= 0.3 is 0 Å². The smallest absolute Gasteiger partial charge is 0.164 e. The van der Waals surface area contributed by atoms with E-state index in [2.05, 4.69) is 15.3 Å². The van der Waals surface area contributed by atoms with Gasteiger partial charge in [0.1, 0.15) is 17.3 Å². The van der Waals surface area contributed by atoms with Gasteiger partial charge in [0.15, 0.2) is 5.75 Å². The van der Waals surface area contributed by atoms with E-state index in [1.165, 1.54) is 6.42 Å². The summed E-state index contributed by atoms with van der Waals surface area (Å²) >= 11 is 0. The molecular weight excluding hydrogens is 254 g/mol. The Morgan fingerprint density at radius 2 is 2.10 bits per heavy atom. The Labute approximate surface area is 117 Å². The van der Waals surface area contributed by atoms with Crippen LogP contribution >= 0.6 is 0 Å². The fraction of sp³-hybridized carbons (Fsp3) is 0.333. The lowest BCUT2D eigenvalue weighted by molar-refractivity contribution is 0.452. The van der Waals surface area contributed by atoms with Gasteiger partial charge in [0.25, 0.3) is 0 Å². The van der Waals surface area contributed by atoms with Crippen LogP contribution < -0.4 is 10.1 Å². The third-order valence-corrected chi connectivity index (χ3v) is 3.37. The van der Waals surface area contributed by atoms with Crippen LogP contribution in [-0.2, 0) is 6.42 Å². The van der Waals surface area contributed by atoms with Crippen molar-refractivity contribution in [2.75, 3.05) is 13.1 Å². The van der Waals surface area contributed by atoms with Gasteiger partial charge < -0.3 is 15.2 Å². The number of aromatic nitrogens is 2. The predicted molar refractivity (Wildman–Crippen MR) is 74.9 cm³/mol. The van der Waals surface area contributed by atoms with E-state index in [0.29, 0.717) is 17.4 Å². The Bertz CT molecular complexity index is 566. The first-order valence-electron chi connectivity index (χ1n) is 6.78. The summed E-state index contributed by atoms with van der Waals surface area (Å²) in [5.74, 6) is 2.80. The predicted octanol–water partition coefficient (Wildman–Crippen LogP) is 2.13. The topological polar surface area (TPSA) is 67.3 Å². The zero-order valence-corrected chi connectivity index (χ0v) is 11.1. The van der Waals surface area contributed by atoms with Gasteiger partial charge in [0, 0.05) is 12.5 Å². The minimum absolute atomic E-state index is 0.175. The maximum atomic E-state index is 9.38. The molecule has 1 fully saturated rings. The van der Waals surface area contributed by atoms with Crippen LogP contribution in [0, 0.1) is 5.92 Å². The molecule has 0 spiro atoms. The molecule has 3 rings (SSSR count). The summed E-state index contributed by atoms with van der Waals surface area (Å²) in [6.07, 6.45) is 5.44. The van der Waals surface area contributed by atoms with Gasteiger partial charge in [-0.2, -0.15) is 0 Å². The highest BCUT2D eigenvalue weighted by atomic mass is 16.5. The first-order chi connectivity index (χ1) is 9.79. The first kappa shape index (κ1) is 12.9. The van der Waals surface area contributed by atoms with Crippen LogP contribution in [0.5, 0.6) is 17.2 Å². The van der Waals surface area contributed by atoms with Gasteiger partial charge in [-0.05, 0) is 37.6 Å². The summed E-state index contributed by atoms with van der Waals surface area (Å²) in [5.41, 5.74) is 0. The zero-order valence-electron chi connectivity index (χ0n) is 11.1. The van der Waals surface area contributed by atoms with Crippen LogP contribution in [-0.4, -0.2) is 28.2 Å². The molecule has 1 aliphatic heterocycles. The van der Waals surface area contributed by atoms with Crippen molar-refractivity contribution >= 4 is 0 Å². The number of nitrogens with one attached hydrogen (secondary N) is 1. The number of hydrogen-bond acceptors (Lipinski definition) is 5. The standard InChI is InChI=1S/C15H17N3O2/c19-12-2-1-3-13(7-12)20-14-9-17-15(18-10-14)6-11-4-5-16-8-11/h1-3,7,9-11,16,19H,4-6,8H2. The number of ether oxygens (including phenoxy) is 1. The molecule has 1 atom stereocenters. The van der Waals surface area contributed by atoms with Crippen molar-refractivity contribution in [1.82, 2.24) is 15.3 Å². The summed E-state index contributed by atoms with van der Waals surface area (Å²) in [5, 5.41) is 12.7. The highest BCUT2D eigenvalue weighted by molar-refractivity contribution is 5.34. The van der Waals surface area contributed by atoms with Gasteiger partial charge in [-0.25, -0.2) is 9.97 Å². The van der Waals surface area contributed by atoms with Crippen LogP contribution in [0.1, 0.15) is 12.2 Å². The van der Waals surface area contributed by atoms with Gasteiger partial charge in [-0.1, -0.05) is 6.07 Å². The fourth-order valence-electron chi connectivity index (χ4n) is 2.33. The molecule has 5 heteroatoms. The molecule has 1 aromatic heterocycles. The SMILES string of the molecule is Oc1cccc(Oc2cnc(CC3CCNC3)nc2)c1. The van der Waals surface area contributed by atoms with Crippen molar-refractivity contribution in [3.05, 3.63) is 42.5 Å². The lowest BCUT2D eigenvalue weighted by atomic mass is 10.1. The number of benzene rings is 1. The molecule has 104 valence electrons. The Morgan fingerprint density at radius 1 is 1.25 bits per heavy atom. The average Bonchev–Trinajstić information content (AvgIpc) is 2.94. The molecule has 2 N–H and O–H groups in total. The second-order valence-electron chi connectivity index (χ2n) is 5.00. The lowest BCUT2D eigenvalue weighted by Crippen LogP contribution is -2.12. The number of nitrogens with zero attached hydrogens (tertiary/aromatic N) is 2. The number of rotatable bonds is 4. The Kier molecular flexibility index (Phi) is 3.78. The molecule has 20 heavy (non-hydrogen) atoms. The first-order valence-corrected chi connectivity index (χ1v) is 6.78. The molecule has 0 aliphatic carbocycles. The van der Waals surface area contributed by atoms with Crippen LogP contribution in [0.2, 0.25) is 0 Å². The maximum Gasteiger partial charge on any atom is 0.164 e. The second-order valence-corrected chi connectivity index (χ2v) is 5.00. The van der Waals surface area contributed by atoms with Crippen molar-refractivity contribution in [3.63, 3.8) is 0 Å². The van der Waals surface area contributed by atoms with Crippen LogP contribution in [0.3, 0.4) is 0 Å². The summed E-state index contributed by atoms with van der Waals surface area (Å²) < 4.78 is 5.59. The zero-order chi connectivity index (χ0) is 13.8. The van der Waals surface area contributed by atoms with E-state index in [9.17, 15) is 5.11 Å². The molecule has 1 unspecified atom stereocenters. The molecule has 0 radical (unpaired) electrons. The van der Waals surface area contributed by atoms with Gasteiger partial charge in [-0.3, -0.25) is 0 Å². The Balaban J connectivity index is 1.63. The Morgan fingerprint density at radius 3 is 2.80 bits per heavy atom. The molecule has 0 saturated carbocycles. The molecular formula is C15H17N3O2. The minimum atomic E-state index is 0.175. The van der Waals surface area contributed by atoms with E-state index in [4.69, 9.17) is 4.74 Å². The largest absolute Gasteiger partial charge is 0.508 e. The molecule has 2 heterocycles. The highest BCUT2D eigenvalue weighted by Gasteiger charge is 2.16. The highest BCUT2D eigenvalue weighted by Crippen LogP contribution is 2.23. The second kappa shape index (κ2) is 5.88. The third kappa shape index (κ3) is 3.24. The van der Waals surface area contributed by atoms with Gasteiger partial charge in [0.05, 0.1) is 12.4 Å². The van der Waals surface area contributed by atoms with Crippen molar-refractivity contribution in [3.8, 4) is 17.2 Å². The molecule has 0 bridgehead atoms. The van der Waals surface area contributed by atoms with Crippen molar-refractivity contribution in [2.24, 2.45) is 5.92 Å². The number of hydrogen-bond donors (Lipinski definition) is 2. The summed E-state index contributed by atoms with van der Waals surface area (Å²) in [6.45, 7) is 2.13. The molecule has 1 aromatic carbocycles. The monoisotopic (exact) mass is 271 g/mol. The van der Waals surface area contributed by atoms with E-state index < -0.39 is 0 Å². The van der Waals surface area contributed by atoms with E-state index in [-0.39, 0.29) is 5.75 Å². The maximum absolute atomic E-state index is 9.38. The fourth-order valence-corrected chi connectivity index (χ4v) is 2.33. The minimum Gasteiger partial charge on any atom is -0.508 e. The average molecular weight is 271 g/mol. The van der Waals surface area contributed by atoms with Crippen LogP contribution in [0.15, 0.2) is 36.7 Å². The summed E-state index contributed by atoms with van der Waals surface area (Å²) in [4.78, 5) is 8.67. The van der Waals surface area contributed by atoms with Crippen molar-refractivity contribution < 1.29 is 9.84 Å². The van der Waals surface area contributed by atoms with E-state index >= 15 is 0 Å². The molecule has 1 aliphatic rings. The Hall–Kier alpha value is -2.14. The van der Waals surface area contributed by atoms with Crippen molar-refractivity contribution in [1.29, 1.82) is 0 Å². The molecule has 0 amide bonds. The number of phenolic OH excluding ortho intramolecular Hbond substituents is 1. The quantitative estimate of drug-likeness (QED) is 0.891. The molecule has 1 saturated heterocycles. The summed E-state index contributed by atoms with van der Waals surface area (Å²) in [6, 6.07) is 6.66. The van der Waals surface area contributed by atoms with E-state index in [1.54, 1.807) is 36.7 Å². The van der Waals surface area contributed by atoms with E-state index in [1.807, 2.05) is 0 Å². The van der Waals surface area contributed by atoms with Crippen LogP contribution in [0.4, 0.5) is 0 Å². The molecule has 2 aromatic rings. The van der Waals surface area contributed by atoms with Crippen molar-refractivity contribution in [2.45, 2.75) is 12.8 Å². The third-order valence-electron chi connectivity index (χ3n) is 3.37. The number of phenols is 1. The normalized spacial score (nSPS) is 18.1. The summed E-state index contributed by atoms with van der Waals surface area (Å²) in [7, 11) is 0. The van der Waals surface area contributed by atoms with Crippen LogP contribution in [0.25, 0.3) is 0 Å². The van der Waals surface area contributed by atoms with Gasteiger partial charge in [0.2, 0.25) is 0 Å².